The number of amides is 1. The second-order valence-corrected chi connectivity index (χ2v) is 3.47. The number of carboxylic acids is 1. The van der Waals surface area contributed by atoms with Gasteiger partial charge in [0.25, 0.3) is 0 Å². The molecular formula is C8H13NO4. The first-order valence-corrected chi connectivity index (χ1v) is 4.22. The van der Waals surface area contributed by atoms with E-state index in [4.69, 9.17) is 10.2 Å². The summed E-state index contributed by atoms with van der Waals surface area (Å²) in [7, 11) is 0. The maximum Gasteiger partial charge on any atom is 0.408 e. The van der Waals surface area contributed by atoms with Crippen molar-refractivity contribution in [1.29, 1.82) is 0 Å². The molecule has 1 fully saturated rings. The number of carboxylic acid groups (broad SMARTS) is 2. The summed E-state index contributed by atoms with van der Waals surface area (Å²) >= 11 is 0. The van der Waals surface area contributed by atoms with E-state index in [1.807, 2.05) is 0 Å². The average Bonchev–Trinajstić information content (AvgIpc) is 2.04. The molecule has 0 spiro atoms. The van der Waals surface area contributed by atoms with E-state index < -0.39 is 17.6 Å². The van der Waals surface area contributed by atoms with Crippen LogP contribution in [0, 0.1) is 0 Å². The van der Waals surface area contributed by atoms with E-state index in [9.17, 15) is 9.59 Å². The van der Waals surface area contributed by atoms with E-state index in [2.05, 4.69) is 0 Å². The highest BCUT2D eigenvalue weighted by Crippen LogP contribution is 2.27. The van der Waals surface area contributed by atoms with Crippen LogP contribution in [0.1, 0.15) is 26.2 Å². The molecule has 2 N–H and O–H groups in total. The predicted octanol–water partition coefficient (Wildman–Crippen LogP) is 0.994. The van der Waals surface area contributed by atoms with Crippen LogP contribution in [0.4, 0.5) is 4.79 Å². The van der Waals surface area contributed by atoms with Crippen molar-refractivity contribution in [2.75, 3.05) is 6.54 Å². The minimum absolute atomic E-state index is 0.318. The van der Waals surface area contributed by atoms with Crippen LogP contribution in [0.25, 0.3) is 0 Å². The maximum absolute atomic E-state index is 10.9. The number of carbonyl (C=O) groups is 2. The van der Waals surface area contributed by atoms with Gasteiger partial charge in [0.2, 0.25) is 0 Å². The van der Waals surface area contributed by atoms with E-state index in [0.717, 1.165) is 17.7 Å². The van der Waals surface area contributed by atoms with Crippen molar-refractivity contribution in [1.82, 2.24) is 4.90 Å². The van der Waals surface area contributed by atoms with Gasteiger partial charge in [-0.05, 0) is 26.2 Å². The zero-order valence-electron chi connectivity index (χ0n) is 7.49. The number of nitrogens with zero attached hydrogens (tertiary/aromatic N) is 1. The van der Waals surface area contributed by atoms with E-state index in [1.165, 1.54) is 6.92 Å². The highest BCUT2D eigenvalue weighted by Gasteiger charge is 2.43. The lowest BCUT2D eigenvalue weighted by atomic mass is 9.89. The Hall–Kier alpha value is -1.26. The lowest BCUT2D eigenvalue weighted by Crippen LogP contribution is -2.57. The summed E-state index contributed by atoms with van der Waals surface area (Å²) in [5, 5.41) is 17.7. The number of likely N-dealkylation sites (tertiary alicyclic amines) is 1. The maximum atomic E-state index is 10.9. The topological polar surface area (TPSA) is 77.8 Å². The third-order valence-electron chi connectivity index (χ3n) is 2.58. The van der Waals surface area contributed by atoms with Crippen LogP contribution in [-0.2, 0) is 4.79 Å². The van der Waals surface area contributed by atoms with Gasteiger partial charge in [-0.3, -0.25) is 4.90 Å². The van der Waals surface area contributed by atoms with Crippen molar-refractivity contribution < 1.29 is 19.8 Å². The summed E-state index contributed by atoms with van der Waals surface area (Å²) in [6.45, 7) is 1.78. The molecule has 0 aliphatic carbocycles. The SMILES string of the molecule is CC1(C(=O)O)CCCCN1C(=O)O. The smallest absolute Gasteiger partial charge is 0.408 e. The molecule has 1 saturated heterocycles. The molecule has 0 bridgehead atoms. The number of aliphatic carboxylic acids is 1. The van der Waals surface area contributed by atoms with Gasteiger partial charge >= 0.3 is 12.1 Å². The molecule has 0 aromatic rings. The van der Waals surface area contributed by atoms with E-state index in [0.29, 0.717) is 13.0 Å². The molecule has 13 heavy (non-hydrogen) atoms. The summed E-state index contributed by atoms with van der Waals surface area (Å²) in [4.78, 5) is 22.6. The molecule has 0 radical (unpaired) electrons. The summed E-state index contributed by atoms with van der Waals surface area (Å²) < 4.78 is 0. The van der Waals surface area contributed by atoms with E-state index in [1.54, 1.807) is 0 Å². The fraction of sp³-hybridized carbons (Fsp3) is 0.750. The van der Waals surface area contributed by atoms with Gasteiger partial charge in [-0.2, -0.15) is 0 Å². The minimum atomic E-state index is -1.23. The Kier molecular flexibility index (Phi) is 2.45. The van der Waals surface area contributed by atoms with Crippen LogP contribution in [0.2, 0.25) is 0 Å². The van der Waals surface area contributed by atoms with Crippen molar-refractivity contribution in [2.45, 2.75) is 31.7 Å². The third-order valence-corrected chi connectivity index (χ3v) is 2.58. The van der Waals surface area contributed by atoms with Crippen molar-refractivity contribution >= 4 is 12.1 Å². The Labute approximate surface area is 76.0 Å². The zero-order chi connectivity index (χ0) is 10.1. The fourth-order valence-electron chi connectivity index (χ4n) is 1.65. The second kappa shape index (κ2) is 3.24. The minimum Gasteiger partial charge on any atom is -0.480 e. The highest BCUT2D eigenvalue weighted by molar-refractivity contribution is 5.83. The Bertz CT molecular complexity index is 240. The van der Waals surface area contributed by atoms with E-state index in [-0.39, 0.29) is 0 Å². The number of rotatable bonds is 1. The third kappa shape index (κ3) is 1.59. The van der Waals surface area contributed by atoms with Crippen LogP contribution in [0.15, 0.2) is 0 Å². The number of piperidine rings is 1. The molecule has 74 valence electrons. The second-order valence-electron chi connectivity index (χ2n) is 3.47. The first-order chi connectivity index (χ1) is 5.98. The molecule has 0 aromatic heterocycles. The van der Waals surface area contributed by atoms with Crippen molar-refractivity contribution in [3.05, 3.63) is 0 Å². The number of hydrogen-bond acceptors (Lipinski definition) is 2. The van der Waals surface area contributed by atoms with Gasteiger partial charge in [0.1, 0.15) is 5.54 Å². The van der Waals surface area contributed by atoms with E-state index >= 15 is 0 Å². The highest BCUT2D eigenvalue weighted by atomic mass is 16.4. The van der Waals surface area contributed by atoms with Gasteiger partial charge in [-0.15, -0.1) is 0 Å². The molecule has 1 amide bonds. The summed E-state index contributed by atoms with van der Waals surface area (Å²) in [6, 6.07) is 0. The summed E-state index contributed by atoms with van der Waals surface area (Å²) in [5.74, 6) is -1.06. The lowest BCUT2D eigenvalue weighted by molar-refractivity contribution is -0.151. The predicted molar refractivity (Wildman–Crippen MR) is 44.6 cm³/mol. The standard InChI is InChI=1S/C8H13NO4/c1-8(6(10)11)4-2-3-5-9(8)7(12)13/h2-5H2,1H3,(H,10,11)(H,12,13). The molecule has 1 unspecified atom stereocenters. The molecule has 1 rings (SSSR count). The van der Waals surface area contributed by atoms with Gasteiger partial charge in [-0.1, -0.05) is 0 Å². The van der Waals surface area contributed by atoms with Crippen molar-refractivity contribution in [3.63, 3.8) is 0 Å². The normalized spacial score (nSPS) is 28.5. The quantitative estimate of drug-likeness (QED) is 0.641. The Morgan fingerprint density at radius 1 is 1.31 bits per heavy atom. The molecule has 0 saturated carbocycles. The molecule has 5 heteroatoms. The average molecular weight is 187 g/mol. The van der Waals surface area contributed by atoms with Crippen LogP contribution >= 0.6 is 0 Å². The lowest BCUT2D eigenvalue weighted by Gasteiger charge is -2.39. The molecule has 1 aliphatic heterocycles. The van der Waals surface area contributed by atoms with Crippen LogP contribution < -0.4 is 0 Å². The van der Waals surface area contributed by atoms with Gasteiger partial charge in [0.15, 0.2) is 0 Å². The molecular weight excluding hydrogens is 174 g/mol. The van der Waals surface area contributed by atoms with Crippen molar-refractivity contribution in [2.24, 2.45) is 0 Å². The molecule has 0 aromatic carbocycles. The monoisotopic (exact) mass is 187 g/mol. The summed E-state index contributed by atoms with van der Waals surface area (Å²) in [5.41, 5.74) is -1.23. The zero-order valence-corrected chi connectivity index (χ0v) is 7.49. The number of hydrogen-bond donors (Lipinski definition) is 2. The van der Waals surface area contributed by atoms with Gasteiger partial charge in [0.05, 0.1) is 0 Å². The molecule has 1 atom stereocenters. The van der Waals surface area contributed by atoms with Crippen LogP contribution in [-0.4, -0.2) is 39.3 Å². The first kappa shape index (κ1) is 9.83. The molecule has 5 nitrogen and oxygen atoms in total. The van der Waals surface area contributed by atoms with Gasteiger partial charge in [-0.25, -0.2) is 9.59 Å². The summed E-state index contributed by atoms with van der Waals surface area (Å²) in [6.07, 6.45) is 0.765. The van der Waals surface area contributed by atoms with Crippen LogP contribution in [0.3, 0.4) is 0 Å². The Morgan fingerprint density at radius 3 is 2.31 bits per heavy atom. The Morgan fingerprint density at radius 2 is 1.92 bits per heavy atom. The Balaban J connectivity index is 2.89. The van der Waals surface area contributed by atoms with Crippen molar-refractivity contribution in [3.8, 4) is 0 Å². The molecule has 1 aliphatic rings. The molecule has 1 heterocycles. The van der Waals surface area contributed by atoms with Gasteiger partial charge in [0, 0.05) is 6.54 Å². The van der Waals surface area contributed by atoms with Gasteiger partial charge < -0.3 is 10.2 Å². The fourth-order valence-corrected chi connectivity index (χ4v) is 1.65. The van der Waals surface area contributed by atoms with Crippen LogP contribution in [0.5, 0.6) is 0 Å². The largest absolute Gasteiger partial charge is 0.480 e. The first-order valence-electron chi connectivity index (χ1n) is 4.22.